The molecule has 1 aliphatic heterocycles. The summed E-state index contributed by atoms with van der Waals surface area (Å²) < 4.78 is 18.9. The summed E-state index contributed by atoms with van der Waals surface area (Å²) in [5.74, 6) is 2.08. The zero-order valence-electron chi connectivity index (χ0n) is 11.8. The summed E-state index contributed by atoms with van der Waals surface area (Å²) in [6.07, 6.45) is 6.58. The second kappa shape index (κ2) is 7.09. The third-order valence-corrected chi connectivity index (χ3v) is 3.83. The molecule has 2 amide bonds. The molecule has 0 aromatic heterocycles. The Bertz CT molecular complexity index is 533. The molecule has 2 rings (SSSR count). The molecule has 1 heterocycles. The molecule has 0 bridgehead atoms. The topological polar surface area (TPSA) is 50.4 Å². The number of urea groups is 1. The van der Waals surface area contributed by atoms with Crippen LogP contribution in [0.25, 0.3) is 0 Å². The number of ether oxygens (including phenoxy) is 1. The van der Waals surface area contributed by atoms with E-state index in [2.05, 4.69) is 16.6 Å². The number of carbonyl (C=O) groups is 1. The van der Waals surface area contributed by atoms with Gasteiger partial charge in [-0.3, -0.25) is 0 Å². The van der Waals surface area contributed by atoms with E-state index in [1.54, 1.807) is 6.07 Å². The number of hydrogen-bond donors (Lipinski definition) is 2. The van der Waals surface area contributed by atoms with Crippen molar-refractivity contribution >= 4 is 6.03 Å². The Balaban J connectivity index is 2.10. The zero-order chi connectivity index (χ0) is 15.1. The van der Waals surface area contributed by atoms with Gasteiger partial charge in [-0.1, -0.05) is 18.1 Å². The SMILES string of the molecule is C#CCNC(=O)NCC1(c2cccc(F)c2)CCOCC1. The molecular weight excluding hydrogens is 271 g/mol. The molecule has 1 saturated heterocycles. The van der Waals surface area contributed by atoms with E-state index in [4.69, 9.17) is 11.2 Å². The summed E-state index contributed by atoms with van der Waals surface area (Å²) >= 11 is 0. The van der Waals surface area contributed by atoms with Gasteiger partial charge in [-0.25, -0.2) is 9.18 Å². The highest BCUT2D eigenvalue weighted by Gasteiger charge is 2.35. The lowest BCUT2D eigenvalue weighted by Crippen LogP contribution is -2.47. The Morgan fingerprint density at radius 1 is 1.38 bits per heavy atom. The van der Waals surface area contributed by atoms with Crippen LogP contribution in [0.3, 0.4) is 0 Å². The van der Waals surface area contributed by atoms with Gasteiger partial charge < -0.3 is 15.4 Å². The Morgan fingerprint density at radius 3 is 2.81 bits per heavy atom. The van der Waals surface area contributed by atoms with Crippen molar-refractivity contribution in [3.8, 4) is 12.3 Å². The van der Waals surface area contributed by atoms with Crippen LogP contribution in [0.5, 0.6) is 0 Å². The second-order valence-corrected chi connectivity index (χ2v) is 5.14. The van der Waals surface area contributed by atoms with E-state index in [0.717, 1.165) is 18.4 Å². The predicted octanol–water partition coefficient (Wildman–Crippen LogP) is 1.81. The number of halogens is 1. The Morgan fingerprint density at radius 2 is 2.14 bits per heavy atom. The maximum absolute atomic E-state index is 13.5. The molecular formula is C16H19FN2O2. The number of hydrogen-bond acceptors (Lipinski definition) is 2. The maximum Gasteiger partial charge on any atom is 0.315 e. The first-order valence-corrected chi connectivity index (χ1v) is 6.95. The van der Waals surface area contributed by atoms with Crippen LogP contribution in [0.4, 0.5) is 9.18 Å². The minimum Gasteiger partial charge on any atom is -0.381 e. The molecule has 0 radical (unpaired) electrons. The molecule has 1 aromatic rings. The summed E-state index contributed by atoms with van der Waals surface area (Å²) in [5, 5.41) is 5.38. The van der Waals surface area contributed by atoms with Gasteiger partial charge in [0, 0.05) is 25.2 Å². The first-order valence-electron chi connectivity index (χ1n) is 6.95. The number of benzene rings is 1. The molecule has 5 heteroatoms. The first-order chi connectivity index (χ1) is 10.2. The average molecular weight is 290 g/mol. The Labute approximate surface area is 124 Å². The van der Waals surface area contributed by atoms with Gasteiger partial charge in [0.1, 0.15) is 5.82 Å². The van der Waals surface area contributed by atoms with Crippen LogP contribution in [-0.4, -0.2) is 32.3 Å². The number of nitrogens with one attached hydrogen (secondary N) is 2. The van der Waals surface area contributed by atoms with E-state index in [1.807, 2.05) is 6.07 Å². The van der Waals surface area contributed by atoms with Gasteiger partial charge in [0.15, 0.2) is 0 Å². The van der Waals surface area contributed by atoms with Gasteiger partial charge in [-0.2, -0.15) is 0 Å². The van der Waals surface area contributed by atoms with Crippen LogP contribution in [0.1, 0.15) is 18.4 Å². The highest BCUT2D eigenvalue weighted by atomic mass is 19.1. The molecule has 0 saturated carbocycles. The summed E-state index contributed by atoms with van der Waals surface area (Å²) in [4.78, 5) is 11.7. The fourth-order valence-electron chi connectivity index (χ4n) is 2.59. The van der Waals surface area contributed by atoms with E-state index in [-0.39, 0.29) is 23.8 Å². The van der Waals surface area contributed by atoms with Crippen LogP contribution in [0, 0.1) is 18.2 Å². The summed E-state index contributed by atoms with van der Waals surface area (Å²) in [6.45, 7) is 1.81. The minimum absolute atomic E-state index is 0.182. The second-order valence-electron chi connectivity index (χ2n) is 5.14. The smallest absolute Gasteiger partial charge is 0.315 e. The van der Waals surface area contributed by atoms with Gasteiger partial charge >= 0.3 is 6.03 Å². The Kier molecular flexibility index (Phi) is 5.18. The average Bonchev–Trinajstić information content (AvgIpc) is 2.52. The maximum atomic E-state index is 13.5. The number of amides is 2. The minimum atomic E-state index is -0.310. The quantitative estimate of drug-likeness (QED) is 0.831. The van der Waals surface area contributed by atoms with Gasteiger partial charge in [0.2, 0.25) is 0 Å². The van der Waals surface area contributed by atoms with Gasteiger partial charge in [-0.05, 0) is 30.5 Å². The van der Waals surface area contributed by atoms with Crippen molar-refractivity contribution in [2.75, 3.05) is 26.3 Å². The normalized spacial score (nSPS) is 16.8. The largest absolute Gasteiger partial charge is 0.381 e. The zero-order valence-corrected chi connectivity index (χ0v) is 11.8. The van der Waals surface area contributed by atoms with Crippen molar-refractivity contribution in [2.24, 2.45) is 0 Å². The van der Waals surface area contributed by atoms with Crippen molar-refractivity contribution in [3.05, 3.63) is 35.6 Å². The van der Waals surface area contributed by atoms with Crippen LogP contribution in [-0.2, 0) is 10.2 Å². The molecule has 0 aliphatic carbocycles. The molecule has 0 unspecified atom stereocenters. The van der Waals surface area contributed by atoms with E-state index in [1.165, 1.54) is 12.1 Å². The van der Waals surface area contributed by atoms with E-state index < -0.39 is 0 Å². The van der Waals surface area contributed by atoms with Crippen molar-refractivity contribution in [2.45, 2.75) is 18.3 Å². The third kappa shape index (κ3) is 3.96. The molecule has 1 aromatic carbocycles. The molecule has 4 nitrogen and oxygen atoms in total. The molecule has 1 aliphatic rings. The summed E-state index contributed by atoms with van der Waals surface area (Å²) in [6, 6.07) is 6.24. The summed E-state index contributed by atoms with van der Waals surface area (Å²) in [7, 11) is 0. The molecule has 0 atom stereocenters. The predicted molar refractivity (Wildman–Crippen MR) is 78.4 cm³/mol. The Hall–Kier alpha value is -2.06. The molecule has 1 fully saturated rings. The van der Waals surface area contributed by atoms with Crippen LogP contribution in [0.2, 0.25) is 0 Å². The highest BCUT2D eigenvalue weighted by Crippen LogP contribution is 2.34. The van der Waals surface area contributed by atoms with Gasteiger partial charge in [0.25, 0.3) is 0 Å². The lowest BCUT2D eigenvalue weighted by Gasteiger charge is -2.38. The van der Waals surface area contributed by atoms with E-state index in [9.17, 15) is 9.18 Å². The van der Waals surface area contributed by atoms with Gasteiger partial charge in [0.05, 0.1) is 6.54 Å². The monoisotopic (exact) mass is 290 g/mol. The van der Waals surface area contributed by atoms with Crippen LogP contribution < -0.4 is 10.6 Å². The van der Waals surface area contributed by atoms with E-state index >= 15 is 0 Å². The number of terminal acetylenes is 1. The molecule has 0 spiro atoms. The lowest BCUT2D eigenvalue weighted by molar-refractivity contribution is 0.0506. The highest BCUT2D eigenvalue weighted by molar-refractivity contribution is 5.74. The van der Waals surface area contributed by atoms with E-state index in [0.29, 0.717) is 19.8 Å². The van der Waals surface area contributed by atoms with Crippen molar-refractivity contribution in [1.82, 2.24) is 10.6 Å². The molecule has 21 heavy (non-hydrogen) atoms. The standard InChI is InChI=1S/C16H19FN2O2/c1-2-8-18-15(20)19-12-16(6-9-21-10-7-16)13-4-3-5-14(17)11-13/h1,3-5,11H,6-10,12H2,(H2,18,19,20). The van der Waals surface area contributed by atoms with Gasteiger partial charge in [-0.15, -0.1) is 6.42 Å². The molecule has 112 valence electrons. The third-order valence-electron chi connectivity index (χ3n) is 3.83. The van der Waals surface area contributed by atoms with Crippen molar-refractivity contribution < 1.29 is 13.9 Å². The summed E-state index contributed by atoms with van der Waals surface area (Å²) in [5.41, 5.74) is 0.594. The lowest BCUT2D eigenvalue weighted by atomic mass is 9.74. The number of rotatable bonds is 4. The van der Waals surface area contributed by atoms with Crippen molar-refractivity contribution in [1.29, 1.82) is 0 Å². The number of carbonyl (C=O) groups excluding carboxylic acids is 1. The van der Waals surface area contributed by atoms with Crippen LogP contribution in [0.15, 0.2) is 24.3 Å². The van der Waals surface area contributed by atoms with Crippen molar-refractivity contribution in [3.63, 3.8) is 0 Å². The van der Waals surface area contributed by atoms with Crippen LogP contribution >= 0.6 is 0 Å². The molecule has 2 N–H and O–H groups in total. The fraction of sp³-hybridized carbons (Fsp3) is 0.438. The first kappa shape index (κ1) is 15.3. The fourth-order valence-corrected chi connectivity index (χ4v) is 2.59.